The molecule has 1 fully saturated rings. The number of amides is 1. The minimum Gasteiger partial charge on any atom is -0.296 e. The van der Waals surface area contributed by atoms with Crippen LogP contribution in [0.5, 0.6) is 0 Å². The molecule has 1 aliphatic rings. The Kier molecular flexibility index (Phi) is 4.57. The van der Waals surface area contributed by atoms with Crippen LogP contribution in [0.2, 0.25) is 0 Å². The first kappa shape index (κ1) is 14.5. The molecule has 1 aromatic rings. The summed E-state index contributed by atoms with van der Waals surface area (Å²) in [5.74, 6) is 0.679. The third-order valence-corrected chi connectivity index (χ3v) is 4.40. The highest BCUT2D eigenvalue weighted by atomic mass is 79.9. The molecule has 0 aliphatic carbocycles. The average Bonchev–Trinajstić information content (AvgIpc) is 2.68. The van der Waals surface area contributed by atoms with Crippen molar-refractivity contribution in [2.45, 2.75) is 13.3 Å². The first-order valence-corrected chi connectivity index (χ1v) is 7.50. The number of anilines is 1. The maximum Gasteiger partial charge on any atom is 0.228 e. The van der Waals surface area contributed by atoms with Crippen molar-refractivity contribution in [3.05, 3.63) is 22.6 Å². The fraction of sp³-hybridized carbons (Fsp3) is 0.417. The van der Waals surface area contributed by atoms with Crippen molar-refractivity contribution in [2.24, 2.45) is 5.92 Å². The van der Waals surface area contributed by atoms with Crippen LogP contribution in [0.4, 0.5) is 10.2 Å². The van der Waals surface area contributed by atoms with Gasteiger partial charge in [-0.05, 0) is 27.9 Å². The van der Waals surface area contributed by atoms with Crippen LogP contribution in [0.25, 0.3) is 0 Å². The van der Waals surface area contributed by atoms with Gasteiger partial charge >= 0.3 is 0 Å². The fourth-order valence-corrected chi connectivity index (χ4v) is 3.17. The van der Waals surface area contributed by atoms with Crippen molar-refractivity contribution in [3.63, 3.8) is 0 Å². The highest BCUT2D eigenvalue weighted by Gasteiger charge is 2.32. The first-order valence-electron chi connectivity index (χ1n) is 5.72. The van der Waals surface area contributed by atoms with Gasteiger partial charge in [-0.15, -0.1) is 0 Å². The molecule has 1 aromatic heterocycles. The Hall–Kier alpha value is -0.950. The molecule has 2 heterocycles. The summed E-state index contributed by atoms with van der Waals surface area (Å²) in [4.78, 5) is 28.4. The van der Waals surface area contributed by atoms with Crippen LogP contribution in [-0.4, -0.2) is 28.3 Å². The van der Waals surface area contributed by atoms with Crippen LogP contribution in [0, 0.1) is 11.7 Å². The Morgan fingerprint density at radius 1 is 1.68 bits per heavy atom. The molecule has 7 heteroatoms. The van der Waals surface area contributed by atoms with Gasteiger partial charge in [-0.2, -0.15) is 0 Å². The van der Waals surface area contributed by atoms with Crippen LogP contribution < -0.4 is 4.90 Å². The van der Waals surface area contributed by atoms with E-state index in [1.165, 1.54) is 29.7 Å². The molecule has 0 saturated carbocycles. The van der Waals surface area contributed by atoms with Gasteiger partial charge in [-0.3, -0.25) is 14.5 Å². The number of carbonyl (C=O) groups excluding carboxylic acids is 2. The molecule has 1 atom stereocenters. The Balaban J connectivity index is 2.09. The topological polar surface area (TPSA) is 50.3 Å². The molecule has 4 nitrogen and oxygen atoms in total. The minimum absolute atomic E-state index is 0.0473. The molecule has 0 spiro atoms. The highest BCUT2D eigenvalue weighted by molar-refractivity contribution is 9.10. The van der Waals surface area contributed by atoms with E-state index in [1.54, 1.807) is 0 Å². The van der Waals surface area contributed by atoms with E-state index in [2.05, 4.69) is 20.9 Å². The van der Waals surface area contributed by atoms with Crippen LogP contribution in [-0.2, 0) is 9.59 Å². The molecular weight excluding hydrogens is 335 g/mol. The maximum atomic E-state index is 13.0. The molecule has 1 saturated heterocycles. The molecular formula is C12H12BrFN2O2S. The summed E-state index contributed by atoms with van der Waals surface area (Å²) in [5, 5.41) is 0.0481. The van der Waals surface area contributed by atoms with Gasteiger partial charge < -0.3 is 0 Å². The molecule has 1 aliphatic heterocycles. The first-order chi connectivity index (χ1) is 8.97. The Morgan fingerprint density at radius 3 is 3.05 bits per heavy atom. The van der Waals surface area contributed by atoms with Crippen LogP contribution in [0.15, 0.2) is 16.7 Å². The Morgan fingerprint density at radius 2 is 2.42 bits per heavy atom. The lowest BCUT2D eigenvalue weighted by Crippen LogP contribution is -2.26. The second kappa shape index (κ2) is 6.00. The van der Waals surface area contributed by atoms with E-state index in [9.17, 15) is 14.0 Å². The summed E-state index contributed by atoms with van der Waals surface area (Å²) in [7, 11) is 0. The van der Waals surface area contributed by atoms with Crippen LogP contribution in [0.3, 0.4) is 0 Å². The largest absolute Gasteiger partial charge is 0.296 e. The van der Waals surface area contributed by atoms with E-state index >= 15 is 0 Å². The lowest BCUT2D eigenvalue weighted by atomic mass is 10.1. The number of halogens is 2. The molecule has 19 heavy (non-hydrogen) atoms. The Bertz CT molecular complexity index is 526. The van der Waals surface area contributed by atoms with E-state index < -0.39 is 5.82 Å². The summed E-state index contributed by atoms with van der Waals surface area (Å²) in [6.45, 7) is 2.02. The van der Waals surface area contributed by atoms with Gasteiger partial charge in [0, 0.05) is 25.6 Å². The van der Waals surface area contributed by atoms with Crippen molar-refractivity contribution >= 4 is 44.5 Å². The summed E-state index contributed by atoms with van der Waals surface area (Å²) in [5.41, 5.74) is 0. The lowest BCUT2D eigenvalue weighted by Gasteiger charge is -2.16. The number of nitrogens with zero attached hydrogens (tertiary/aromatic N) is 2. The number of hydrogen-bond acceptors (Lipinski definition) is 4. The number of pyridine rings is 1. The third-order valence-electron chi connectivity index (χ3n) is 2.77. The molecule has 0 bridgehead atoms. The fourth-order valence-electron chi connectivity index (χ4n) is 1.94. The number of hydrogen-bond donors (Lipinski definition) is 0. The van der Waals surface area contributed by atoms with Crippen LogP contribution in [0.1, 0.15) is 13.3 Å². The number of rotatable bonds is 3. The van der Waals surface area contributed by atoms with Crippen molar-refractivity contribution in [1.82, 2.24) is 4.98 Å². The van der Waals surface area contributed by atoms with E-state index in [-0.39, 0.29) is 16.9 Å². The Labute approximate surface area is 122 Å². The molecule has 1 amide bonds. The average molecular weight is 347 g/mol. The molecule has 2 rings (SSSR count). The number of thioether (sulfide) groups is 1. The van der Waals surface area contributed by atoms with Crippen molar-refractivity contribution < 1.29 is 14.0 Å². The summed E-state index contributed by atoms with van der Waals surface area (Å²) < 4.78 is 13.4. The van der Waals surface area contributed by atoms with Gasteiger partial charge in [-0.1, -0.05) is 11.8 Å². The summed E-state index contributed by atoms with van der Waals surface area (Å²) >= 11 is 4.44. The van der Waals surface area contributed by atoms with Crippen molar-refractivity contribution in [3.8, 4) is 0 Å². The third kappa shape index (κ3) is 3.54. The quantitative estimate of drug-likeness (QED) is 0.844. The van der Waals surface area contributed by atoms with Gasteiger partial charge in [0.25, 0.3) is 0 Å². The molecule has 102 valence electrons. The molecule has 0 aromatic carbocycles. The zero-order chi connectivity index (χ0) is 14.0. The van der Waals surface area contributed by atoms with Gasteiger partial charge in [0.15, 0.2) is 5.12 Å². The van der Waals surface area contributed by atoms with Crippen molar-refractivity contribution in [1.29, 1.82) is 0 Å². The summed E-state index contributed by atoms with van der Waals surface area (Å²) in [6, 6.07) is 1.28. The molecule has 1 unspecified atom stereocenters. The van der Waals surface area contributed by atoms with Gasteiger partial charge in [0.1, 0.15) is 11.6 Å². The maximum absolute atomic E-state index is 13.0. The molecule has 0 radical (unpaired) electrons. The van der Waals surface area contributed by atoms with E-state index in [0.29, 0.717) is 29.0 Å². The van der Waals surface area contributed by atoms with E-state index in [4.69, 9.17) is 0 Å². The molecule has 0 N–H and O–H groups in total. The zero-order valence-corrected chi connectivity index (χ0v) is 12.6. The monoisotopic (exact) mass is 346 g/mol. The smallest absolute Gasteiger partial charge is 0.228 e. The standard InChI is InChI=1S/C12H12BrFN2O2S/c1-7(17)19-6-8-2-11(18)16(5-8)12-10(13)3-9(14)4-15-12/h3-4,8H,2,5-6H2,1H3. The summed E-state index contributed by atoms with van der Waals surface area (Å²) in [6.07, 6.45) is 1.48. The van der Waals surface area contributed by atoms with E-state index in [1.807, 2.05) is 0 Å². The van der Waals surface area contributed by atoms with E-state index in [0.717, 1.165) is 6.20 Å². The zero-order valence-electron chi connectivity index (χ0n) is 10.2. The highest BCUT2D eigenvalue weighted by Crippen LogP contribution is 2.31. The van der Waals surface area contributed by atoms with Gasteiger partial charge in [0.05, 0.1) is 10.7 Å². The SMILES string of the molecule is CC(=O)SCC1CC(=O)N(c2ncc(F)cc2Br)C1. The van der Waals surface area contributed by atoms with Gasteiger partial charge in [0.2, 0.25) is 5.91 Å². The lowest BCUT2D eigenvalue weighted by molar-refractivity contribution is -0.117. The van der Waals surface area contributed by atoms with Gasteiger partial charge in [-0.25, -0.2) is 9.37 Å². The predicted octanol–water partition coefficient (Wildman–Crippen LogP) is 2.62. The normalized spacial score (nSPS) is 19.0. The predicted molar refractivity (Wildman–Crippen MR) is 75.5 cm³/mol. The second-order valence-corrected chi connectivity index (χ2v) is 6.39. The van der Waals surface area contributed by atoms with Crippen LogP contribution >= 0.6 is 27.7 Å². The van der Waals surface area contributed by atoms with Crippen molar-refractivity contribution in [2.75, 3.05) is 17.2 Å². The second-order valence-electron chi connectivity index (χ2n) is 4.34. The number of carbonyl (C=O) groups is 2. The minimum atomic E-state index is -0.453. The number of aromatic nitrogens is 1.